The van der Waals surface area contributed by atoms with E-state index in [9.17, 15) is 4.79 Å². The molecule has 0 aromatic carbocycles. The number of hydrogen-bond donors (Lipinski definition) is 1. The number of hydrogen-bond acceptors (Lipinski definition) is 3. The van der Waals surface area contributed by atoms with Gasteiger partial charge in [0.15, 0.2) is 0 Å². The van der Waals surface area contributed by atoms with Crippen LogP contribution in [0.1, 0.15) is 19.3 Å². The van der Waals surface area contributed by atoms with Crippen LogP contribution in [0.2, 0.25) is 0 Å². The van der Waals surface area contributed by atoms with E-state index in [1.54, 1.807) is 0 Å². The number of nitrogens with one attached hydrogen (secondary N) is 1. The second-order valence-corrected chi connectivity index (χ2v) is 4.36. The monoisotopic (exact) mass is 189 g/mol. The first-order chi connectivity index (χ1) is 5.72. The molecule has 70 valence electrons. The fourth-order valence-corrected chi connectivity index (χ4v) is 2.24. The molecule has 0 aromatic rings. The number of ether oxygens (including phenoxy) is 1. The Morgan fingerprint density at radius 2 is 2.33 bits per heavy atom. The number of amides is 1. The molecule has 0 aliphatic heterocycles. The molecule has 1 amide bonds. The summed E-state index contributed by atoms with van der Waals surface area (Å²) in [6, 6.07) is 0. The Hall–Kier alpha value is -0.380. The summed E-state index contributed by atoms with van der Waals surface area (Å²) in [7, 11) is 1.39. The van der Waals surface area contributed by atoms with Crippen molar-refractivity contribution < 1.29 is 9.53 Å². The number of carbonyl (C=O) groups is 1. The third kappa shape index (κ3) is 2.06. The molecule has 1 fully saturated rings. The molecule has 0 saturated heterocycles. The zero-order valence-electron chi connectivity index (χ0n) is 7.55. The largest absolute Gasteiger partial charge is 0.453 e. The Kier molecular flexibility index (Phi) is 3.26. The first-order valence-electron chi connectivity index (χ1n) is 4.09. The van der Waals surface area contributed by atoms with Gasteiger partial charge in [0.1, 0.15) is 0 Å². The van der Waals surface area contributed by atoms with Crippen LogP contribution in [0.15, 0.2) is 0 Å². The van der Waals surface area contributed by atoms with Gasteiger partial charge in [-0.15, -0.1) is 0 Å². The van der Waals surface area contributed by atoms with Gasteiger partial charge in [0.25, 0.3) is 0 Å². The van der Waals surface area contributed by atoms with Gasteiger partial charge in [0, 0.05) is 11.3 Å². The minimum Gasteiger partial charge on any atom is -0.453 e. The van der Waals surface area contributed by atoms with E-state index in [2.05, 4.69) is 16.3 Å². The molecule has 1 rings (SSSR count). The molecule has 0 bridgehead atoms. The lowest BCUT2D eigenvalue weighted by Gasteiger charge is -2.40. The van der Waals surface area contributed by atoms with E-state index in [1.165, 1.54) is 26.4 Å². The van der Waals surface area contributed by atoms with Crippen LogP contribution in [0.3, 0.4) is 0 Å². The molecular formula is C8H15NO2S. The number of carbonyl (C=O) groups excluding carboxylic acids is 1. The highest BCUT2D eigenvalue weighted by molar-refractivity contribution is 8.00. The molecule has 3 nitrogen and oxygen atoms in total. The van der Waals surface area contributed by atoms with Gasteiger partial charge in [0.2, 0.25) is 0 Å². The average molecular weight is 189 g/mol. The van der Waals surface area contributed by atoms with Gasteiger partial charge < -0.3 is 10.1 Å². The lowest BCUT2D eigenvalue weighted by molar-refractivity contribution is 0.167. The molecule has 1 N–H and O–H groups in total. The summed E-state index contributed by atoms with van der Waals surface area (Å²) in [4.78, 5) is 10.8. The molecule has 0 atom stereocenters. The van der Waals surface area contributed by atoms with Crippen LogP contribution >= 0.6 is 11.8 Å². The van der Waals surface area contributed by atoms with Crippen LogP contribution in [0.25, 0.3) is 0 Å². The summed E-state index contributed by atoms with van der Waals surface area (Å²) in [5.74, 6) is 0. The molecule has 1 aliphatic carbocycles. The molecule has 0 spiro atoms. The van der Waals surface area contributed by atoms with Gasteiger partial charge in [-0.05, 0) is 19.1 Å². The fraction of sp³-hybridized carbons (Fsp3) is 0.875. The van der Waals surface area contributed by atoms with Gasteiger partial charge in [-0.2, -0.15) is 11.8 Å². The maximum absolute atomic E-state index is 10.8. The van der Waals surface area contributed by atoms with Crippen molar-refractivity contribution in [3.05, 3.63) is 0 Å². The summed E-state index contributed by atoms with van der Waals surface area (Å²) in [5, 5.41) is 2.74. The maximum Gasteiger partial charge on any atom is 0.406 e. The highest BCUT2D eigenvalue weighted by Crippen LogP contribution is 2.42. The second-order valence-electron chi connectivity index (χ2n) is 3.09. The minimum atomic E-state index is -0.324. The van der Waals surface area contributed by atoms with Gasteiger partial charge in [-0.3, -0.25) is 0 Å². The number of methoxy groups -OCH3 is 1. The van der Waals surface area contributed by atoms with E-state index in [1.807, 2.05) is 11.8 Å². The predicted molar refractivity (Wildman–Crippen MR) is 50.5 cm³/mol. The van der Waals surface area contributed by atoms with Crippen LogP contribution in [0.5, 0.6) is 0 Å². The Labute approximate surface area is 77.2 Å². The number of thioether (sulfide) groups is 1. The highest BCUT2D eigenvalue weighted by atomic mass is 32.2. The van der Waals surface area contributed by atoms with Crippen LogP contribution in [0, 0.1) is 0 Å². The lowest BCUT2D eigenvalue weighted by Crippen LogP contribution is -2.45. The average Bonchev–Trinajstić information content (AvgIpc) is 2.03. The summed E-state index contributed by atoms with van der Waals surface area (Å²) in [5.41, 5.74) is 0. The Bertz CT molecular complexity index is 163. The standard InChI is InChI=1S/C8H15NO2S/c1-11-7(10)9-6-8(12-2)4-3-5-8/h3-6H2,1-2H3,(H,9,10). The van der Waals surface area contributed by atoms with E-state index in [4.69, 9.17) is 0 Å². The zero-order chi connectivity index (χ0) is 9.03. The second kappa shape index (κ2) is 4.03. The molecule has 0 aromatic heterocycles. The topological polar surface area (TPSA) is 38.3 Å². The zero-order valence-corrected chi connectivity index (χ0v) is 8.37. The Balaban J connectivity index is 2.24. The van der Waals surface area contributed by atoms with Crippen LogP contribution in [-0.4, -0.2) is 30.8 Å². The first kappa shape index (κ1) is 9.71. The number of alkyl carbamates (subject to hydrolysis) is 1. The predicted octanol–water partition coefficient (Wildman–Crippen LogP) is 1.63. The quantitative estimate of drug-likeness (QED) is 0.733. The van der Waals surface area contributed by atoms with Gasteiger partial charge in [0.05, 0.1) is 7.11 Å². The fourth-order valence-electron chi connectivity index (χ4n) is 1.33. The SMILES string of the molecule is COC(=O)NCC1(SC)CCC1. The maximum atomic E-state index is 10.8. The van der Waals surface area contributed by atoms with Crippen LogP contribution in [0.4, 0.5) is 4.79 Å². The summed E-state index contributed by atoms with van der Waals surface area (Å²) in [6.07, 6.45) is 5.47. The van der Waals surface area contributed by atoms with E-state index in [0.29, 0.717) is 4.75 Å². The molecule has 1 aliphatic rings. The Morgan fingerprint density at radius 1 is 1.67 bits per heavy atom. The van der Waals surface area contributed by atoms with Crippen LogP contribution in [-0.2, 0) is 4.74 Å². The molecule has 1 saturated carbocycles. The van der Waals surface area contributed by atoms with Gasteiger partial charge >= 0.3 is 6.09 Å². The smallest absolute Gasteiger partial charge is 0.406 e. The molecule has 0 unspecified atom stereocenters. The third-order valence-electron chi connectivity index (χ3n) is 2.44. The summed E-state index contributed by atoms with van der Waals surface area (Å²) >= 11 is 1.84. The molecule has 12 heavy (non-hydrogen) atoms. The van der Waals surface area contributed by atoms with Crippen molar-refractivity contribution in [1.82, 2.24) is 5.32 Å². The van der Waals surface area contributed by atoms with Crippen molar-refractivity contribution in [2.75, 3.05) is 19.9 Å². The van der Waals surface area contributed by atoms with Crippen molar-refractivity contribution in [2.24, 2.45) is 0 Å². The molecule has 4 heteroatoms. The third-order valence-corrected chi connectivity index (χ3v) is 3.86. The normalized spacial score (nSPS) is 19.5. The molecular weight excluding hydrogens is 174 g/mol. The van der Waals surface area contributed by atoms with E-state index in [-0.39, 0.29) is 6.09 Å². The molecule has 0 heterocycles. The van der Waals surface area contributed by atoms with E-state index < -0.39 is 0 Å². The summed E-state index contributed by atoms with van der Waals surface area (Å²) in [6.45, 7) is 0.737. The first-order valence-corrected chi connectivity index (χ1v) is 5.32. The molecule has 0 radical (unpaired) electrons. The summed E-state index contributed by atoms with van der Waals surface area (Å²) < 4.78 is 4.80. The van der Waals surface area contributed by atoms with Crippen molar-refractivity contribution >= 4 is 17.9 Å². The van der Waals surface area contributed by atoms with Crippen molar-refractivity contribution in [3.8, 4) is 0 Å². The number of rotatable bonds is 3. The highest BCUT2D eigenvalue weighted by Gasteiger charge is 2.36. The van der Waals surface area contributed by atoms with Gasteiger partial charge in [-0.25, -0.2) is 4.79 Å². The Morgan fingerprint density at radius 3 is 2.67 bits per heavy atom. The van der Waals surface area contributed by atoms with E-state index >= 15 is 0 Å². The van der Waals surface area contributed by atoms with Crippen molar-refractivity contribution in [2.45, 2.75) is 24.0 Å². The minimum absolute atomic E-state index is 0.300. The van der Waals surface area contributed by atoms with E-state index in [0.717, 1.165) is 6.54 Å². The van der Waals surface area contributed by atoms with Crippen LogP contribution < -0.4 is 5.32 Å². The lowest BCUT2D eigenvalue weighted by atomic mass is 9.84. The van der Waals surface area contributed by atoms with Crippen molar-refractivity contribution in [3.63, 3.8) is 0 Å². The van der Waals surface area contributed by atoms with Gasteiger partial charge in [-0.1, -0.05) is 6.42 Å². The van der Waals surface area contributed by atoms with Crippen molar-refractivity contribution in [1.29, 1.82) is 0 Å².